The van der Waals surface area contributed by atoms with Gasteiger partial charge >= 0.3 is 0 Å². The minimum atomic E-state index is -0.360. The molecule has 2 aliphatic rings. The van der Waals surface area contributed by atoms with Gasteiger partial charge in [-0.15, -0.1) is 0 Å². The number of likely N-dealkylation sites (tertiary alicyclic amines) is 1. The molecule has 6 nitrogen and oxygen atoms in total. The summed E-state index contributed by atoms with van der Waals surface area (Å²) in [6, 6.07) is 14.3. The Balaban J connectivity index is 1.17. The second-order valence-electron chi connectivity index (χ2n) is 8.25. The molecule has 0 radical (unpaired) electrons. The van der Waals surface area contributed by atoms with Crippen LogP contribution in [0.25, 0.3) is 6.08 Å². The average molecular weight is 435 g/mol. The number of nitrogens with zero attached hydrogens (tertiary/aromatic N) is 2. The van der Waals surface area contributed by atoms with Gasteiger partial charge in [-0.05, 0) is 61.0 Å². The molecular weight excluding hydrogens is 409 g/mol. The Bertz CT molecular complexity index is 1130. The third-order valence-electron chi connectivity index (χ3n) is 5.98. The van der Waals surface area contributed by atoms with Crippen LogP contribution < -0.4 is 14.2 Å². The predicted molar refractivity (Wildman–Crippen MR) is 120 cm³/mol. The predicted octanol–water partition coefficient (Wildman–Crippen LogP) is 4.40. The highest BCUT2D eigenvalue weighted by atomic mass is 19.1. The summed E-state index contributed by atoms with van der Waals surface area (Å²) in [7, 11) is 1.67. The van der Waals surface area contributed by atoms with Gasteiger partial charge in [0.2, 0.25) is 0 Å². The maximum absolute atomic E-state index is 13.7. The molecule has 1 aromatic heterocycles. The monoisotopic (exact) mass is 435 g/mol. The SMILES string of the molecule is COc1ccc2c(c1)C=C(CN1CCC(c3cc(COc4ccccc4F)[nH]n3)C1)CO2. The molecule has 7 heteroatoms. The van der Waals surface area contributed by atoms with Crippen molar-refractivity contribution in [1.82, 2.24) is 15.1 Å². The number of hydrogen-bond acceptors (Lipinski definition) is 5. The van der Waals surface area contributed by atoms with Gasteiger partial charge in [0.1, 0.15) is 24.7 Å². The van der Waals surface area contributed by atoms with Crippen LogP contribution >= 0.6 is 0 Å². The van der Waals surface area contributed by atoms with E-state index in [9.17, 15) is 4.39 Å². The Morgan fingerprint density at radius 2 is 2.12 bits per heavy atom. The average Bonchev–Trinajstić information content (AvgIpc) is 3.47. The van der Waals surface area contributed by atoms with Crippen LogP contribution in [0.5, 0.6) is 17.2 Å². The number of nitrogens with one attached hydrogen (secondary N) is 1. The van der Waals surface area contributed by atoms with Crippen LogP contribution in [0.15, 0.2) is 54.1 Å². The highest BCUT2D eigenvalue weighted by Gasteiger charge is 2.27. The van der Waals surface area contributed by atoms with Gasteiger partial charge in [0, 0.05) is 24.6 Å². The summed E-state index contributed by atoms with van der Waals surface area (Å²) in [5.41, 5.74) is 4.19. The molecule has 1 atom stereocenters. The molecule has 3 aromatic rings. The summed E-state index contributed by atoms with van der Waals surface area (Å²) >= 11 is 0. The Labute approximate surface area is 186 Å². The summed E-state index contributed by atoms with van der Waals surface area (Å²) in [5, 5.41) is 7.52. The zero-order chi connectivity index (χ0) is 21.9. The largest absolute Gasteiger partial charge is 0.497 e. The number of H-pyrrole nitrogens is 1. The summed E-state index contributed by atoms with van der Waals surface area (Å²) in [4.78, 5) is 2.44. The minimum Gasteiger partial charge on any atom is -0.497 e. The molecule has 1 fully saturated rings. The molecule has 2 aliphatic heterocycles. The van der Waals surface area contributed by atoms with E-state index in [4.69, 9.17) is 14.2 Å². The van der Waals surface area contributed by atoms with Gasteiger partial charge < -0.3 is 14.2 Å². The molecule has 3 heterocycles. The lowest BCUT2D eigenvalue weighted by Gasteiger charge is -2.22. The van der Waals surface area contributed by atoms with E-state index < -0.39 is 0 Å². The first-order chi connectivity index (χ1) is 15.7. The molecule has 1 N–H and O–H groups in total. The van der Waals surface area contributed by atoms with Crippen molar-refractivity contribution >= 4 is 6.08 Å². The normalized spacial score (nSPS) is 18.1. The van der Waals surface area contributed by atoms with Crippen LogP contribution in [-0.2, 0) is 6.61 Å². The summed E-state index contributed by atoms with van der Waals surface area (Å²) in [6.45, 7) is 3.71. The fourth-order valence-corrected chi connectivity index (χ4v) is 4.31. The van der Waals surface area contributed by atoms with Gasteiger partial charge in [-0.25, -0.2) is 4.39 Å². The zero-order valence-electron chi connectivity index (χ0n) is 18.0. The van der Waals surface area contributed by atoms with E-state index >= 15 is 0 Å². The van der Waals surface area contributed by atoms with Crippen LogP contribution in [0.2, 0.25) is 0 Å². The number of fused-ring (bicyclic) bond motifs is 1. The van der Waals surface area contributed by atoms with Crippen LogP contribution in [0.3, 0.4) is 0 Å². The number of aromatic amines is 1. The van der Waals surface area contributed by atoms with E-state index in [0.29, 0.717) is 12.5 Å². The second kappa shape index (κ2) is 9.04. The van der Waals surface area contributed by atoms with Gasteiger partial charge in [-0.2, -0.15) is 5.10 Å². The molecule has 0 aliphatic carbocycles. The van der Waals surface area contributed by atoms with Gasteiger partial charge in [0.05, 0.1) is 18.5 Å². The van der Waals surface area contributed by atoms with Crippen LogP contribution in [0.4, 0.5) is 4.39 Å². The first kappa shape index (κ1) is 20.6. The van der Waals surface area contributed by atoms with Crippen molar-refractivity contribution in [2.45, 2.75) is 18.9 Å². The minimum absolute atomic E-state index is 0.248. The standard InChI is InChI=1S/C25H26FN3O3/c1-30-21-6-7-24-19(11-21)10-17(15-31-24)13-29-9-8-18(14-29)23-12-20(27-28-23)16-32-25-5-3-2-4-22(25)26/h2-7,10-12,18H,8-9,13-16H2,1H3,(H,27,28). The van der Waals surface area contributed by atoms with Crippen molar-refractivity contribution in [1.29, 1.82) is 0 Å². The highest BCUT2D eigenvalue weighted by molar-refractivity contribution is 5.64. The number of aromatic nitrogens is 2. The third kappa shape index (κ3) is 4.48. The van der Waals surface area contributed by atoms with E-state index in [0.717, 1.165) is 54.5 Å². The maximum atomic E-state index is 13.7. The van der Waals surface area contributed by atoms with Crippen molar-refractivity contribution in [3.05, 3.63) is 76.9 Å². The fourth-order valence-electron chi connectivity index (χ4n) is 4.31. The molecule has 32 heavy (non-hydrogen) atoms. The van der Waals surface area contributed by atoms with Crippen LogP contribution in [0, 0.1) is 5.82 Å². The van der Waals surface area contributed by atoms with E-state index in [-0.39, 0.29) is 18.2 Å². The van der Waals surface area contributed by atoms with Gasteiger partial charge in [-0.1, -0.05) is 12.1 Å². The van der Waals surface area contributed by atoms with Crippen molar-refractivity contribution in [2.75, 3.05) is 33.4 Å². The smallest absolute Gasteiger partial charge is 0.165 e. The Morgan fingerprint density at radius 1 is 1.22 bits per heavy atom. The summed E-state index contributed by atoms with van der Waals surface area (Å²) < 4.78 is 30.6. The van der Waals surface area contributed by atoms with Crippen molar-refractivity contribution < 1.29 is 18.6 Å². The van der Waals surface area contributed by atoms with Crippen LogP contribution in [-0.4, -0.2) is 48.4 Å². The number of hydrogen-bond donors (Lipinski definition) is 1. The lowest BCUT2D eigenvalue weighted by atomic mass is 10.0. The van der Waals surface area contributed by atoms with E-state index in [1.165, 1.54) is 11.6 Å². The van der Waals surface area contributed by atoms with Gasteiger partial charge in [-0.3, -0.25) is 10.00 Å². The summed E-state index contributed by atoms with van der Waals surface area (Å²) in [5.74, 6) is 1.99. The topological polar surface area (TPSA) is 59.6 Å². The number of para-hydroxylation sites is 1. The Kier molecular flexibility index (Phi) is 5.81. The number of benzene rings is 2. The number of halogens is 1. The first-order valence-corrected chi connectivity index (χ1v) is 10.8. The van der Waals surface area contributed by atoms with Crippen molar-refractivity contribution in [2.24, 2.45) is 0 Å². The molecule has 1 saturated heterocycles. The highest BCUT2D eigenvalue weighted by Crippen LogP contribution is 2.32. The number of ether oxygens (including phenoxy) is 3. The molecule has 0 saturated carbocycles. The molecule has 0 amide bonds. The van der Waals surface area contributed by atoms with E-state index in [1.807, 2.05) is 24.3 Å². The van der Waals surface area contributed by atoms with Crippen molar-refractivity contribution in [3.8, 4) is 17.2 Å². The van der Waals surface area contributed by atoms with Gasteiger partial charge in [0.15, 0.2) is 11.6 Å². The molecule has 166 valence electrons. The number of methoxy groups -OCH3 is 1. The first-order valence-electron chi connectivity index (χ1n) is 10.8. The second-order valence-corrected chi connectivity index (χ2v) is 8.25. The molecule has 2 aromatic carbocycles. The van der Waals surface area contributed by atoms with E-state index in [2.05, 4.69) is 21.2 Å². The molecule has 0 bridgehead atoms. The zero-order valence-corrected chi connectivity index (χ0v) is 18.0. The Hall–Kier alpha value is -3.32. The van der Waals surface area contributed by atoms with E-state index in [1.54, 1.807) is 25.3 Å². The molecular formula is C25H26FN3O3. The molecule has 0 spiro atoms. The third-order valence-corrected chi connectivity index (χ3v) is 5.98. The van der Waals surface area contributed by atoms with Gasteiger partial charge in [0.25, 0.3) is 0 Å². The lowest BCUT2D eigenvalue weighted by Crippen LogP contribution is -2.26. The van der Waals surface area contributed by atoms with Crippen molar-refractivity contribution in [3.63, 3.8) is 0 Å². The van der Waals surface area contributed by atoms with Crippen LogP contribution in [0.1, 0.15) is 29.3 Å². The molecule has 1 unspecified atom stereocenters. The lowest BCUT2D eigenvalue weighted by molar-refractivity contribution is 0.286. The summed E-state index contributed by atoms with van der Waals surface area (Å²) in [6.07, 6.45) is 3.26. The molecule has 5 rings (SSSR count). The maximum Gasteiger partial charge on any atom is 0.165 e. The quantitative estimate of drug-likeness (QED) is 0.596. The fraction of sp³-hybridized carbons (Fsp3) is 0.320. The number of rotatable bonds is 7. The Morgan fingerprint density at radius 3 is 3.00 bits per heavy atom.